The Kier molecular flexibility index (Phi) is 5.89. The Bertz CT molecular complexity index is 394. The molecule has 0 spiro atoms. The zero-order chi connectivity index (χ0) is 13.5. The van der Waals surface area contributed by atoms with Gasteiger partial charge in [-0.3, -0.25) is 4.90 Å². The number of halogens is 1. The molecule has 0 unspecified atom stereocenters. The Morgan fingerprint density at radius 3 is 2.84 bits per heavy atom. The highest BCUT2D eigenvalue weighted by atomic mass is 35.5. The van der Waals surface area contributed by atoms with Gasteiger partial charge in [0.05, 0.1) is 10.7 Å². The van der Waals surface area contributed by atoms with Gasteiger partial charge in [-0.25, -0.2) is 4.98 Å². The van der Waals surface area contributed by atoms with Crippen molar-refractivity contribution >= 4 is 11.6 Å². The Balaban J connectivity index is 1.80. The maximum Gasteiger partial charge on any atom is 0.213 e. The van der Waals surface area contributed by atoms with Gasteiger partial charge in [-0.05, 0) is 39.0 Å². The molecule has 0 bridgehead atoms. The highest BCUT2D eigenvalue weighted by Crippen LogP contribution is 2.18. The lowest BCUT2D eigenvalue weighted by molar-refractivity contribution is 0.180. The number of likely N-dealkylation sites (tertiary alicyclic amines) is 1. The van der Waals surface area contributed by atoms with Crippen molar-refractivity contribution in [3.63, 3.8) is 0 Å². The lowest BCUT2D eigenvalue weighted by Gasteiger charge is -2.26. The first-order valence-electron chi connectivity index (χ1n) is 6.95. The van der Waals surface area contributed by atoms with Crippen molar-refractivity contribution < 1.29 is 4.74 Å². The maximum atomic E-state index is 6.06. The minimum absolute atomic E-state index is 0.655. The number of hydrogen-bond acceptors (Lipinski definition) is 4. The summed E-state index contributed by atoms with van der Waals surface area (Å²) in [6, 6.07) is 3.68. The molecule has 19 heavy (non-hydrogen) atoms. The number of rotatable bonds is 6. The van der Waals surface area contributed by atoms with Crippen molar-refractivity contribution in [2.24, 2.45) is 0 Å². The average Bonchev–Trinajstić information content (AvgIpc) is 2.44. The van der Waals surface area contributed by atoms with Crippen LogP contribution in [0.5, 0.6) is 5.88 Å². The predicted molar refractivity (Wildman–Crippen MR) is 77.8 cm³/mol. The van der Waals surface area contributed by atoms with Gasteiger partial charge in [-0.15, -0.1) is 0 Å². The predicted octanol–water partition coefficient (Wildman–Crippen LogP) is 2.32. The normalized spacial score (nSPS) is 16.5. The first-order chi connectivity index (χ1) is 9.29. The summed E-state index contributed by atoms with van der Waals surface area (Å²) >= 11 is 6.06. The molecule has 0 aromatic carbocycles. The third-order valence-corrected chi connectivity index (χ3v) is 3.69. The molecule has 1 aliphatic rings. The summed E-state index contributed by atoms with van der Waals surface area (Å²) in [7, 11) is 1.88. The van der Waals surface area contributed by atoms with Gasteiger partial charge in [0, 0.05) is 19.2 Å². The van der Waals surface area contributed by atoms with Crippen LogP contribution in [0.25, 0.3) is 0 Å². The summed E-state index contributed by atoms with van der Waals surface area (Å²) in [5.74, 6) is 0.659. The fraction of sp³-hybridized carbons (Fsp3) is 0.643. The van der Waals surface area contributed by atoms with E-state index in [0.717, 1.165) is 12.2 Å². The van der Waals surface area contributed by atoms with E-state index >= 15 is 0 Å². The molecule has 5 heteroatoms. The first kappa shape index (κ1) is 14.6. The summed E-state index contributed by atoms with van der Waals surface area (Å²) in [4.78, 5) is 6.86. The van der Waals surface area contributed by atoms with Crippen LogP contribution in [0.15, 0.2) is 12.1 Å². The summed E-state index contributed by atoms with van der Waals surface area (Å²) in [5.41, 5.74) is 0.833. The van der Waals surface area contributed by atoms with Crippen LogP contribution < -0.4 is 10.1 Å². The number of hydrogen-bond donors (Lipinski definition) is 1. The molecule has 2 rings (SSSR count). The molecule has 4 nitrogen and oxygen atoms in total. The second-order valence-electron chi connectivity index (χ2n) is 4.86. The highest BCUT2D eigenvalue weighted by Gasteiger charge is 2.10. The molecule has 1 saturated heterocycles. The van der Waals surface area contributed by atoms with Crippen LogP contribution in [0.3, 0.4) is 0 Å². The van der Waals surface area contributed by atoms with E-state index in [0.29, 0.717) is 24.1 Å². The van der Waals surface area contributed by atoms with E-state index in [2.05, 4.69) is 15.2 Å². The molecule has 1 N–H and O–H groups in total. The number of pyridine rings is 1. The van der Waals surface area contributed by atoms with E-state index in [1.54, 1.807) is 0 Å². The number of nitrogens with one attached hydrogen (secondary N) is 1. The van der Waals surface area contributed by atoms with Crippen molar-refractivity contribution in [2.75, 3.05) is 33.3 Å². The molecular weight excluding hydrogens is 262 g/mol. The largest absolute Gasteiger partial charge is 0.476 e. The van der Waals surface area contributed by atoms with Gasteiger partial charge in [-0.1, -0.05) is 18.0 Å². The van der Waals surface area contributed by atoms with Gasteiger partial charge in [0.2, 0.25) is 5.88 Å². The van der Waals surface area contributed by atoms with Crippen molar-refractivity contribution in [1.29, 1.82) is 0 Å². The molecule has 1 aliphatic heterocycles. The Morgan fingerprint density at radius 2 is 2.11 bits per heavy atom. The number of ether oxygens (including phenoxy) is 1. The Morgan fingerprint density at radius 1 is 1.32 bits per heavy atom. The van der Waals surface area contributed by atoms with Gasteiger partial charge in [0.15, 0.2) is 0 Å². The molecule has 1 aromatic rings. The smallest absolute Gasteiger partial charge is 0.213 e. The minimum atomic E-state index is 0.655. The lowest BCUT2D eigenvalue weighted by atomic mass is 10.1. The molecule has 1 aromatic heterocycles. The molecule has 0 radical (unpaired) electrons. The molecular formula is C14H22ClN3O. The molecule has 0 amide bonds. The SMILES string of the molecule is CNCc1nc(OCCN2CCCCC2)ccc1Cl. The van der Waals surface area contributed by atoms with E-state index in [-0.39, 0.29) is 0 Å². The second-order valence-corrected chi connectivity index (χ2v) is 5.27. The highest BCUT2D eigenvalue weighted by molar-refractivity contribution is 6.31. The molecule has 106 valence electrons. The topological polar surface area (TPSA) is 37.4 Å². The summed E-state index contributed by atoms with van der Waals surface area (Å²) in [6.45, 7) is 4.71. The van der Waals surface area contributed by atoms with Crippen molar-refractivity contribution in [3.8, 4) is 5.88 Å². The van der Waals surface area contributed by atoms with E-state index in [1.165, 1.54) is 32.4 Å². The van der Waals surface area contributed by atoms with Crippen LogP contribution in [-0.4, -0.2) is 43.2 Å². The third-order valence-electron chi connectivity index (χ3n) is 3.34. The zero-order valence-electron chi connectivity index (χ0n) is 11.5. The molecule has 0 atom stereocenters. The Labute approximate surface area is 120 Å². The first-order valence-corrected chi connectivity index (χ1v) is 7.32. The molecule has 0 saturated carbocycles. The fourth-order valence-electron chi connectivity index (χ4n) is 2.30. The summed E-state index contributed by atoms with van der Waals surface area (Å²) in [6.07, 6.45) is 3.99. The minimum Gasteiger partial charge on any atom is -0.476 e. The molecule has 0 aliphatic carbocycles. The van der Waals surface area contributed by atoms with Crippen molar-refractivity contribution in [2.45, 2.75) is 25.8 Å². The van der Waals surface area contributed by atoms with Gasteiger partial charge < -0.3 is 10.1 Å². The Hall–Kier alpha value is -0.840. The van der Waals surface area contributed by atoms with E-state index in [4.69, 9.17) is 16.3 Å². The van der Waals surface area contributed by atoms with Crippen molar-refractivity contribution in [1.82, 2.24) is 15.2 Å². The second kappa shape index (κ2) is 7.68. The monoisotopic (exact) mass is 283 g/mol. The fourth-order valence-corrected chi connectivity index (χ4v) is 2.47. The number of piperidine rings is 1. The summed E-state index contributed by atoms with van der Waals surface area (Å²) in [5, 5.41) is 3.73. The van der Waals surface area contributed by atoms with Crippen LogP contribution in [0.1, 0.15) is 25.0 Å². The van der Waals surface area contributed by atoms with Crippen LogP contribution >= 0.6 is 11.6 Å². The lowest BCUT2D eigenvalue weighted by Crippen LogP contribution is -2.33. The van der Waals surface area contributed by atoms with E-state index < -0.39 is 0 Å². The zero-order valence-corrected chi connectivity index (χ0v) is 12.2. The molecule has 2 heterocycles. The van der Waals surface area contributed by atoms with Gasteiger partial charge in [0.25, 0.3) is 0 Å². The standard InChI is InChI=1S/C14H22ClN3O/c1-16-11-13-12(15)5-6-14(17-13)19-10-9-18-7-3-2-4-8-18/h5-6,16H,2-4,7-11H2,1H3. The van der Waals surface area contributed by atoms with Crippen LogP contribution in [0.2, 0.25) is 5.02 Å². The molecule has 1 fully saturated rings. The average molecular weight is 284 g/mol. The number of nitrogens with zero attached hydrogens (tertiary/aromatic N) is 2. The summed E-state index contributed by atoms with van der Waals surface area (Å²) < 4.78 is 5.71. The van der Waals surface area contributed by atoms with Crippen LogP contribution in [-0.2, 0) is 6.54 Å². The maximum absolute atomic E-state index is 6.06. The van der Waals surface area contributed by atoms with Gasteiger partial charge >= 0.3 is 0 Å². The van der Waals surface area contributed by atoms with E-state index in [1.807, 2.05) is 19.2 Å². The quantitative estimate of drug-likeness (QED) is 0.869. The van der Waals surface area contributed by atoms with Crippen LogP contribution in [0, 0.1) is 0 Å². The van der Waals surface area contributed by atoms with Gasteiger partial charge in [-0.2, -0.15) is 0 Å². The number of aromatic nitrogens is 1. The van der Waals surface area contributed by atoms with E-state index in [9.17, 15) is 0 Å². The third kappa shape index (κ3) is 4.64. The van der Waals surface area contributed by atoms with Gasteiger partial charge in [0.1, 0.15) is 6.61 Å². The van der Waals surface area contributed by atoms with Crippen molar-refractivity contribution in [3.05, 3.63) is 22.8 Å². The van der Waals surface area contributed by atoms with Crippen LogP contribution in [0.4, 0.5) is 0 Å².